The Morgan fingerprint density at radius 1 is 1.28 bits per heavy atom. The van der Waals surface area contributed by atoms with Crippen LogP contribution in [0.25, 0.3) is 0 Å². The zero-order valence-electron chi connectivity index (χ0n) is 11.0. The van der Waals surface area contributed by atoms with Gasteiger partial charge in [0, 0.05) is 5.70 Å². The quantitative estimate of drug-likeness (QED) is 0.561. The molecule has 1 amide bonds. The van der Waals surface area contributed by atoms with Gasteiger partial charge in [-0.05, 0) is 31.4 Å². The fraction of sp³-hybridized carbons (Fsp3) is 0.286. The van der Waals surface area contributed by atoms with Crippen LogP contribution in [0.5, 0.6) is 0 Å². The van der Waals surface area contributed by atoms with E-state index in [4.69, 9.17) is 9.90 Å². The van der Waals surface area contributed by atoms with Gasteiger partial charge in [-0.3, -0.25) is 5.32 Å². The molecular formula is C14H21NO3. The summed E-state index contributed by atoms with van der Waals surface area (Å²) in [6.45, 7) is 9.53. The summed E-state index contributed by atoms with van der Waals surface area (Å²) in [5.41, 5.74) is 1.21. The van der Waals surface area contributed by atoms with Crippen molar-refractivity contribution in [2.45, 2.75) is 26.7 Å². The molecule has 0 aromatic carbocycles. The van der Waals surface area contributed by atoms with Gasteiger partial charge in [-0.25, -0.2) is 4.79 Å². The van der Waals surface area contributed by atoms with Gasteiger partial charge in [0.25, 0.3) is 0 Å². The number of amides is 1. The molecule has 18 heavy (non-hydrogen) atoms. The Bertz CT molecular complexity index is 341. The summed E-state index contributed by atoms with van der Waals surface area (Å²) in [7, 11) is 0. The Kier molecular flexibility index (Phi) is 13.2. The zero-order valence-corrected chi connectivity index (χ0v) is 11.0. The highest BCUT2D eigenvalue weighted by Crippen LogP contribution is 2.03. The predicted octanol–water partition coefficient (Wildman–Crippen LogP) is 3.44. The summed E-state index contributed by atoms with van der Waals surface area (Å²) in [4.78, 5) is 18.5. The molecule has 0 aromatic heterocycles. The number of rotatable bonds is 6. The molecule has 0 spiro atoms. The SMILES string of the molecule is C=C(C)/C(=C/C=CC/C=C\CC)NC(=O)O.C=O. The number of carbonyl (C=O) groups is 2. The third kappa shape index (κ3) is 12.0. The second kappa shape index (κ2) is 13.0. The van der Waals surface area contributed by atoms with Crippen molar-refractivity contribution >= 4 is 12.9 Å². The number of carbonyl (C=O) groups excluding carboxylic acids is 1. The molecule has 0 aliphatic rings. The highest BCUT2D eigenvalue weighted by Gasteiger charge is 1.99. The summed E-state index contributed by atoms with van der Waals surface area (Å²) in [5.74, 6) is 0. The fourth-order valence-electron chi connectivity index (χ4n) is 0.990. The van der Waals surface area contributed by atoms with Crippen LogP contribution >= 0.6 is 0 Å². The van der Waals surface area contributed by atoms with E-state index in [2.05, 4.69) is 31.0 Å². The van der Waals surface area contributed by atoms with Gasteiger partial charge in [-0.1, -0.05) is 37.8 Å². The van der Waals surface area contributed by atoms with Crippen LogP contribution in [0.15, 0.2) is 48.2 Å². The van der Waals surface area contributed by atoms with Crippen LogP contribution in [0.4, 0.5) is 4.79 Å². The Balaban J connectivity index is 0. The summed E-state index contributed by atoms with van der Waals surface area (Å²) >= 11 is 0. The van der Waals surface area contributed by atoms with Crippen LogP contribution in [0.3, 0.4) is 0 Å². The van der Waals surface area contributed by atoms with Gasteiger partial charge in [0.2, 0.25) is 0 Å². The first-order chi connectivity index (χ1) is 8.57. The summed E-state index contributed by atoms with van der Waals surface area (Å²) < 4.78 is 0. The van der Waals surface area contributed by atoms with E-state index in [-0.39, 0.29) is 0 Å². The summed E-state index contributed by atoms with van der Waals surface area (Å²) in [6.07, 6.45) is 10.4. The maximum absolute atomic E-state index is 10.5. The van der Waals surface area contributed by atoms with Gasteiger partial charge < -0.3 is 9.90 Å². The van der Waals surface area contributed by atoms with Crippen molar-refractivity contribution in [3.63, 3.8) is 0 Å². The van der Waals surface area contributed by atoms with Gasteiger partial charge in [0.05, 0.1) is 0 Å². The van der Waals surface area contributed by atoms with Gasteiger partial charge in [-0.15, -0.1) is 0 Å². The van der Waals surface area contributed by atoms with Crippen LogP contribution in [0, 0.1) is 0 Å². The van der Waals surface area contributed by atoms with Crippen LogP contribution in [0.2, 0.25) is 0 Å². The Morgan fingerprint density at radius 2 is 1.89 bits per heavy atom. The van der Waals surface area contributed by atoms with Crippen LogP contribution in [-0.2, 0) is 4.79 Å². The molecule has 0 aliphatic heterocycles. The molecule has 0 radical (unpaired) electrons. The number of nitrogens with one attached hydrogen (secondary N) is 1. The van der Waals surface area contributed by atoms with Crippen molar-refractivity contribution < 1.29 is 14.7 Å². The second-order valence-electron chi connectivity index (χ2n) is 3.33. The van der Waals surface area contributed by atoms with Gasteiger partial charge in [-0.2, -0.15) is 0 Å². The largest absolute Gasteiger partial charge is 0.465 e. The van der Waals surface area contributed by atoms with Crippen molar-refractivity contribution in [2.24, 2.45) is 0 Å². The number of hydrogen-bond donors (Lipinski definition) is 2. The Morgan fingerprint density at radius 3 is 2.33 bits per heavy atom. The molecule has 0 bridgehead atoms. The molecule has 4 nitrogen and oxygen atoms in total. The molecule has 4 heteroatoms. The molecule has 0 saturated heterocycles. The van der Waals surface area contributed by atoms with Crippen molar-refractivity contribution in [3.05, 3.63) is 48.2 Å². The molecule has 0 unspecified atom stereocenters. The fourth-order valence-corrected chi connectivity index (χ4v) is 0.990. The van der Waals surface area contributed by atoms with E-state index in [0.717, 1.165) is 12.8 Å². The molecule has 0 rings (SSSR count). The monoisotopic (exact) mass is 251 g/mol. The summed E-state index contributed by atoms with van der Waals surface area (Å²) in [6, 6.07) is 0. The molecule has 0 saturated carbocycles. The average Bonchev–Trinajstić information content (AvgIpc) is 2.34. The maximum atomic E-state index is 10.5. The van der Waals surface area contributed by atoms with Gasteiger partial charge >= 0.3 is 6.09 Å². The van der Waals surface area contributed by atoms with Gasteiger partial charge in [0.1, 0.15) is 6.79 Å². The molecule has 100 valence electrons. The van der Waals surface area contributed by atoms with E-state index in [0.29, 0.717) is 11.3 Å². The standard InChI is InChI=1S/C13H19NO2.CH2O/c1-4-5-6-7-8-9-10-12(11(2)3)14-13(15)16;1-2/h5-6,8-10,14H,2,4,7H2,1,3H3,(H,15,16);1H2/b6-5-,9-8?,12-10-;. The molecule has 0 heterocycles. The Labute approximate surface area is 108 Å². The molecule has 0 atom stereocenters. The smallest absolute Gasteiger partial charge is 0.409 e. The Hall–Kier alpha value is -2.10. The average molecular weight is 251 g/mol. The molecule has 2 N–H and O–H groups in total. The molecule has 0 aromatic rings. The van der Waals surface area contributed by atoms with Gasteiger partial charge in [0.15, 0.2) is 0 Å². The van der Waals surface area contributed by atoms with E-state index in [1.165, 1.54) is 0 Å². The van der Waals surface area contributed by atoms with Crippen molar-refractivity contribution in [2.75, 3.05) is 0 Å². The normalized spacial score (nSPS) is 11.1. The highest BCUT2D eigenvalue weighted by molar-refractivity contribution is 5.68. The third-order valence-electron chi connectivity index (χ3n) is 1.77. The number of allylic oxidation sites excluding steroid dienone is 6. The predicted molar refractivity (Wildman–Crippen MR) is 74.4 cm³/mol. The lowest BCUT2D eigenvalue weighted by molar-refractivity contribution is -0.0979. The van der Waals surface area contributed by atoms with Crippen LogP contribution < -0.4 is 5.32 Å². The zero-order chi connectivity index (χ0) is 14.4. The minimum absolute atomic E-state index is 0.517. The minimum atomic E-state index is -1.08. The lowest BCUT2D eigenvalue weighted by Gasteiger charge is -2.04. The number of carboxylic acid groups (broad SMARTS) is 1. The van der Waals surface area contributed by atoms with Crippen molar-refractivity contribution in [1.29, 1.82) is 0 Å². The van der Waals surface area contributed by atoms with Crippen molar-refractivity contribution in [1.82, 2.24) is 5.32 Å². The minimum Gasteiger partial charge on any atom is -0.465 e. The van der Waals surface area contributed by atoms with E-state index < -0.39 is 6.09 Å². The van der Waals surface area contributed by atoms with Crippen LogP contribution in [-0.4, -0.2) is 18.0 Å². The molecular weight excluding hydrogens is 230 g/mol. The third-order valence-corrected chi connectivity index (χ3v) is 1.77. The first-order valence-electron chi connectivity index (χ1n) is 5.54. The van der Waals surface area contributed by atoms with E-state index >= 15 is 0 Å². The maximum Gasteiger partial charge on any atom is 0.409 e. The second-order valence-corrected chi connectivity index (χ2v) is 3.33. The first kappa shape index (κ1) is 18.3. The lowest BCUT2D eigenvalue weighted by atomic mass is 10.2. The van der Waals surface area contributed by atoms with Crippen LogP contribution in [0.1, 0.15) is 26.7 Å². The molecule has 0 aliphatic carbocycles. The number of hydrogen-bond acceptors (Lipinski definition) is 2. The first-order valence-corrected chi connectivity index (χ1v) is 5.54. The topological polar surface area (TPSA) is 66.4 Å². The van der Waals surface area contributed by atoms with Crippen molar-refractivity contribution in [3.8, 4) is 0 Å². The summed E-state index contributed by atoms with van der Waals surface area (Å²) in [5, 5.41) is 10.9. The van der Waals surface area contributed by atoms with E-state index in [1.54, 1.807) is 13.0 Å². The highest BCUT2D eigenvalue weighted by atomic mass is 16.4. The molecule has 0 fully saturated rings. The van der Waals surface area contributed by atoms with E-state index in [9.17, 15) is 4.79 Å². The van der Waals surface area contributed by atoms with E-state index in [1.807, 2.05) is 18.9 Å². The lowest BCUT2D eigenvalue weighted by Crippen LogP contribution is -2.20.